The predicted molar refractivity (Wildman–Crippen MR) is 61.8 cm³/mol. The standard InChI is InChI=1S/C10H13N3S/c1-10(2)7-12-9(14-10)13-8-4-3-5-11-6-8/h3-6H,7H2,1-2H3,(H,12,13). The fraction of sp³-hybridized carbons (Fsp3) is 0.400. The average molecular weight is 207 g/mol. The fourth-order valence-electron chi connectivity index (χ4n) is 1.21. The minimum atomic E-state index is 0.227. The summed E-state index contributed by atoms with van der Waals surface area (Å²) in [6, 6.07) is 3.90. The van der Waals surface area contributed by atoms with E-state index in [4.69, 9.17) is 0 Å². The summed E-state index contributed by atoms with van der Waals surface area (Å²) in [4.78, 5) is 8.46. The van der Waals surface area contributed by atoms with Gasteiger partial charge in [0.05, 0.1) is 18.4 Å². The van der Waals surface area contributed by atoms with E-state index in [1.165, 1.54) is 0 Å². The van der Waals surface area contributed by atoms with Crippen LogP contribution in [0.15, 0.2) is 29.5 Å². The number of rotatable bonds is 1. The molecule has 2 rings (SSSR count). The fourth-order valence-corrected chi connectivity index (χ4v) is 2.16. The van der Waals surface area contributed by atoms with Gasteiger partial charge in [-0.25, -0.2) is 0 Å². The molecule has 0 aliphatic carbocycles. The smallest absolute Gasteiger partial charge is 0.161 e. The number of hydrogen-bond acceptors (Lipinski definition) is 4. The van der Waals surface area contributed by atoms with Gasteiger partial charge in [-0.15, -0.1) is 0 Å². The zero-order valence-corrected chi connectivity index (χ0v) is 9.14. The maximum atomic E-state index is 4.42. The molecule has 2 heterocycles. The molecule has 4 heteroatoms. The number of nitrogens with one attached hydrogen (secondary N) is 1. The summed E-state index contributed by atoms with van der Waals surface area (Å²) in [5.74, 6) is 0. The Morgan fingerprint density at radius 1 is 1.50 bits per heavy atom. The van der Waals surface area contributed by atoms with Crippen molar-refractivity contribution in [3.63, 3.8) is 0 Å². The van der Waals surface area contributed by atoms with Crippen molar-refractivity contribution < 1.29 is 0 Å². The molecule has 0 amide bonds. The first-order valence-electron chi connectivity index (χ1n) is 4.56. The molecule has 1 aromatic rings. The van der Waals surface area contributed by atoms with Gasteiger partial charge in [-0.05, 0) is 26.0 Å². The van der Waals surface area contributed by atoms with Gasteiger partial charge in [0.25, 0.3) is 0 Å². The molecule has 74 valence electrons. The van der Waals surface area contributed by atoms with Gasteiger partial charge in [0.2, 0.25) is 0 Å². The van der Waals surface area contributed by atoms with E-state index in [0.29, 0.717) is 0 Å². The van der Waals surface area contributed by atoms with E-state index in [-0.39, 0.29) is 4.75 Å². The van der Waals surface area contributed by atoms with E-state index in [9.17, 15) is 0 Å². The Labute approximate surface area is 88.0 Å². The Bertz CT molecular complexity index is 346. The van der Waals surface area contributed by atoms with Crippen molar-refractivity contribution in [3.05, 3.63) is 24.5 Å². The third-order valence-electron chi connectivity index (χ3n) is 1.89. The van der Waals surface area contributed by atoms with Crippen molar-refractivity contribution in [1.29, 1.82) is 0 Å². The Kier molecular flexibility index (Phi) is 2.46. The van der Waals surface area contributed by atoms with Crippen molar-refractivity contribution in [2.45, 2.75) is 18.6 Å². The van der Waals surface area contributed by atoms with Crippen LogP contribution in [0.4, 0.5) is 5.69 Å². The Morgan fingerprint density at radius 2 is 2.36 bits per heavy atom. The lowest BCUT2D eigenvalue weighted by Crippen LogP contribution is -2.16. The first kappa shape index (κ1) is 9.52. The number of pyridine rings is 1. The lowest BCUT2D eigenvalue weighted by molar-refractivity contribution is 0.741. The molecule has 0 unspecified atom stereocenters. The van der Waals surface area contributed by atoms with Crippen LogP contribution >= 0.6 is 11.8 Å². The van der Waals surface area contributed by atoms with Gasteiger partial charge in [0, 0.05) is 10.9 Å². The average Bonchev–Trinajstić information content (AvgIpc) is 2.47. The molecule has 14 heavy (non-hydrogen) atoms. The van der Waals surface area contributed by atoms with Gasteiger partial charge < -0.3 is 5.32 Å². The summed E-state index contributed by atoms with van der Waals surface area (Å²) in [7, 11) is 0. The number of aromatic nitrogens is 1. The van der Waals surface area contributed by atoms with Crippen LogP contribution in [-0.4, -0.2) is 21.4 Å². The summed E-state index contributed by atoms with van der Waals surface area (Å²) < 4.78 is 0.227. The molecule has 0 radical (unpaired) electrons. The van der Waals surface area contributed by atoms with Gasteiger partial charge in [-0.1, -0.05) is 11.8 Å². The quantitative estimate of drug-likeness (QED) is 0.768. The second-order valence-corrected chi connectivity index (χ2v) is 5.55. The van der Waals surface area contributed by atoms with Crippen molar-refractivity contribution in [2.75, 3.05) is 11.9 Å². The second kappa shape index (κ2) is 3.61. The summed E-state index contributed by atoms with van der Waals surface area (Å²) >= 11 is 1.77. The van der Waals surface area contributed by atoms with Crippen molar-refractivity contribution in [3.8, 4) is 0 Å². The van der Waals surface area contributed by atoms with Crippen molar-refractivity contribution >= 4 is 22.6 Å². The van der Waals surface area contributed by atoms with Crippen LogP contribution in [0.3, 0.4) is 0 Å². The second-order valence-electron chi connectivity index (χ2n) is 3.85. The Hall–Kier alpha value is -1.03. The monoisotopic (exact) mass is 207 g/mol. The zero-order valence-electron chi connectivity index (χ0n) is 8.32. The van der Waals surface area contributed by atoms with Crippen LogP contribution in [0.5, 0.6) is 0 Å². The maximum Gasteiger partial charge on any atom is 0.161 e. The maximum absolute atomic E-state index is 4.42. The van der Waals surface area contributed by atoms with E-state index in [1.54, 1.807) is 24.2 Å². The topological polar surface area (TPSA) is 37.3 Å². The van der Waals surface area contributed by atoms with Crippen LogP contribution in [-0.2, 0) is 0 Å². The normalized spacial score (nSPS) is 19.1. The molecule has 0 aromatic carbocycles. The highest BCUT2D eigenvalue weighted by Crippen LogP contribution is 2.31. The largest absolute Gasteiger partial charge is 0.334 e. The van der Waals surface area contributed by atoms with Gasteiger partial charge in [-0.2, -0.15) is 0 Å². The van der Waals surface area contributed by atoms with Gasteiger partial charge in [-0.3, -0.25) is 9.98 Å². The lowest BCUT2D eigenvalue weighted by Gasteiger charge is -2.13. The molecule has 0 bridgehead atoms. The van der Waals surface area contributed by atoms with E-state index in [1.807, 2.05) is 12.1 Å². The number of hydrogen-bond donors (Lipinski definition) is 1. The summed E-state index contributed by atoms with van der Waals surface area (Å²) in [6.45, 7) is 5.26. The highest BCUT2D eigenvalue weighted by atomic mass is 32.2. The highest BCUT2D eigenvalue weighted by molar-refractivity contribution is 8.15. The molecule has 3 nitrogen and oxygen atoms in total. The summed E-state index contributed by atoms with van der Waals surface area (Å²) in [6.07, 6.45) is 3.56. The Morgan fingerprint density at radius 3 is 2.93 bits per heavy atom. The molecular weight excluding hydrogens is 194 g/mol. The highest BCUT2D eigenvalue weighted by Gasteiger charge is 2.26. The first-order chi connectivity index (χ1) is 6.66. The van der Waals surface area contributed by atoms with Crippen LogP contribution in [0.1, 0.15) is 13.8 Å². The third-order valence-corrected chi connectivity index (χ3v) is 3.00. The number of amidine groups is 1. The zero-order chi connectivity index (χ0) is 10.0. The number of nitrogens with zero attached hydrogens (tertiary/aromatic N) is 2. The predicted octanol–water partition coefficient (Wildman–Crippen LogP) is 2.37. The molecule has 0 saturated carbocycles. The summed E-state index contributed by atoms with van der Waals surface area (Å²) in [5, 5.41) is 4.24. The molecule has 1 aliphatic heterocycles. The SMILES string of the molecule is CC1(C)CN=C(Nc2cccnc2)S1. The molecule has 0 spiro atoms. The van der Waals surface area contributed by atoms with E-state index >= 15 is 0 Å². The van der Waals surface area contributed by atoms with E-state index in [2.05, 4.69) is 29.1 Å². The van der Waals surface area contributed by atoms with Gasteiger partial charge in [0.15, 0.2) is 5.17 Å². The lowest BCUT2D eigenvalue weighted by atomic mass is 10.2. The Balaban J connectivity index is 2.01. The number of thioether (sulfide) groups is 1. The molecule has 1 aliphatic rings. The van der Waals surface area contributed by atoms with Crippen LogP contribution in [0.25, 0.3) is 0 Å². The van der Waals surface area contributed by atoms with Crippen LogP contribution in [0.2, 0.25) is 0 Å². The molecule has 1 N–H and O–H groups in total. The third kappa shape index (κ3) is 2.26. The number of aliphatic imine (C=N–C) groups is 1. The minimum Gasteiger partial charge on any atom is -0.334 e. The van der Waals surface area contributed by atoms with Crippen LogP contribution < -0.4 is 5.32 Å². The van der Waals surface area contributed by atoms with E-state index < -0.39 is 0 Å². The molecule has 0 fully saturated rings. The molecular formula is C10H13N3S. The summed E-state index contributed by atoms with van der Waals surface area (Å²) in [5.41, 5.74) is 0.997. The van der Waals surface area contributed by atoms with Crippen molar-refractivity contribution in [2.24, 2.45) is 4.99 Å². The van der Waals surface area contributed by atoms with Gasteiger partial charge >= 0.3 is 0 Å². The van der Waals surface area contributed by atoms with Crippen LogP contribution in [0, 0.1) is 0 Å². The van der Waals surface area contributed by atoms with E-state index in [0.717, 1.165) is 17.4 Å². The first-order valence-corrected chi connectivity index (χ1v) is 5.38. The molecule has 0 atom stereocenters. The van der Waals surface area contributed by atoms with Crippen molar-refractivity contribution in [1.82, 2.24) is 4.98 Å². The minimum absolute atomic E-state index is 0.227. The van der Waals surface area contributed by atoms with Gasteiger partial charge in [0.1, 0.15) is 0 Å². The molecule has 0 saturated heterocycles. The number of anilines is 1. The molecule has 1 aromatic heterocycles.